The summed E-state index contributed by atoms with van der Waals surface area (Å²) in [6, 6.07) is 16.5. The second kappa shape index (κ2) is 7.10. The van der Waals surface area contributed by atoms with Gasteiger partial charge >= 0.3 is 0 Å². The van der Waals surface area contributed by atoms with E-state index in [0.29, 0.717) is 20.5 Å². The van der Waals surface area contributed by atoms with Gasteiger partial charge in [-0.25, -0.2) is 0 Å². The number of nitrogens with one attached hydrogen (secondary N) is 1. The Morgan fingerprint density at radius 2 is 1.92 bits per heavy atom. The van der Waals surface area contributed by atoms with E-state index in [1.165, 1.54) is 17.4 Å². The maximum Gasteiger partial charge on any atom is 0.266 e. The van der Waals surface area contributed by atoms with Gasteiger partial charge in [-0.1, -0.05) is 42.5 Å². The number of carbonyl (C=O) groups excluding carboxylic acids is 1. The first kappa shape index (κ1) is 16.0. The van der Waals surface area contributed by atoms with Crippen LogP contribution in [-0.4, -0.2) is 17.9 Å². The number of aromatic amines is 1. The van der Waals surface area contributed by atoms with Crippen LogP contribution in [-0.2, 0) is 0 Å². The minimum absolute atomic E-state index is 0.183. The maximum atomic E-state index is 12.3. The first-order valence-corrected chi connectivity index (χ1v) is 8.13. The molecule has 1 aromatic heterocycles. The number of aromatic nitrogens is 1. The summed E-state index contributed by atoms with van der Waals surface area (Å²) in [6.07, 6.45) is 3.24. The molecular formula is C19H15NO3S. The largest absolute Gasteiger partial charge is 0.497 e. The molecule has 2 aromatic carbocycles. The van der Waals surface area contributed by atoms with E-state index in [1.807, 2.05) is 30.3 Å². The number of hydrogen-bond donors (Lipinski definition) is 1. The third-order valence-electron chi connectivity index (χ3n) is 3.39. The van der Waals surface area contributed by atoms with Gasteiger partial charge in [-0.05, 0) is 23.8 Å². The van der Waals surface area contributed by atoms with Crippen LogP contribution in [0.5, 0.6) is 5.75 Å². The fourth-order valence-electron chi connectivity index (χ4n) is 2.20. The van der Waals surface area contributed by atoms with E-state index >= 15 is 0 Å². The Hall–Kier alpha value is -2.92. The molecule has 0 fully saturated rings. The lowest BCUT2D eigenvalue weighted by molar-refractivity contribution is 0.106. The highest BCUT2D eigenvalue weighted by Crippen LogP contribution is 2.13. The van der Waals surface area contributed by atoms with Crippen molar-refractivity contribution in [2.45, 2.75) is 0 Å². The van der Waals surface area contributed by atoms with Gasteiger partial charge in [-0.3, -0.25) is 9.59 Å². The van der Waals surface area contributed by atoms with Crippen LogP contribution in [0.3, 0.4) is 0 Å². The van der Waals surface area contributed by atoms with Gasteiger partial charge in [0.05, 0.1) is 16.3 Å². The van der Waals surface area contributed by atoms with Gasteiger partial charge in [-0.2, -0.15) is 0 Å². The molecule has 120 valence electrons. The molecule has 24 heavy (non-hydrogen) atoms. The summed E-state index contributed by atoms with van der Waals surface area (Å²) in [5, 5.41) is 0. The first-order chi connectivity index (χ1) is 11.7. The number of methoxy groups -OCH3 is 1. The Morgan fingerprint density at radius 3 is 2.67 bits per heavy atom. The summed E-state index contributed by atoms with van der Waals surface area (Å²) < 4.78 is 6.20. The van der Waals surface area contributed by atoms with Crippen LogP contribution in [0.25, 0.3) is 12.2 Å². The van der Waals surface area contributed by atoms with Crippen molar-refractivity contribution in [2.75, 3.05) is 7.11 Å². The highest BCUT2D eigenvalue weighted by atomic mass is 32.1. The number of Topliss-reactive ketones (excluding diaryl/α,β-unsaturated/α-hetero) is 1. The standard InChI is InChI=1S/C19H15NO3S/c1-23-15-9-5-8-14(11-15)16(21)12-18-20-19(22)17(24-18)10-13-6-3-2-4-7-13/h2-12H,1H3,(H,20,22)/b17-10?,18-12+. The van der Waals surface area contributed by atoms with Crippen molar-refractivity contribution in [3.63, 3.8) is 0 Å². The molecule has 0 amide bonds. The number of benzene rings is 2. The quantitative estimate of drug-likeness (QED) is 0.740. The zero-order chi connectivity index (χ0) is 16.9. The number of carbonyl (C=O) groups is 1. The zero-order valence-electron chi connectivity index (χ0n) is 13.0. The lowest BCUT2D eigenvalue weighted by atomic mass is 10.1. The summed E-state index contributed by atoms with van der Waals surface area (Å²) in [5.74, 6) is 0.435. The van der Waals surface area contributed by atoms with Crippen LogP contribution in [0.2, 0.25) is 0 Å². The molecule has 0 radical (unpaired) electrons. The van der Waals surface area contributed by atoms with E-state index in [4.69, 9.17) is 4.74 Å². The van der Waals surface area contributed by atoms with Crippen molar-refractivity contribution in [1.82, 2.24) is 4.98 Å². The first-order valence-electron chi connectivity index (χ1n) is 7.32. The van der Waals surface area contributed by atoms with Crippen molar-refractivity contribution in [3.8, 4) is 5.75 Å². The van der Waals surface area contributed by atoms with Crippen LogP contribution in [0.15, 0.2) is 59.4 Å². The van der Waals surface area contributed by atoms with E-state index in [9.17, 15) is 9.59 Å². The Balaban J connectivity index is 1.97. The van der Waals surface area contributed by atoms with Crippen molar-refractivity contribution in [3.05, 3.63) is 85.3 Å². The number of thiazole rings is 1. The summed E-state index contributed by atoms with van der Waals surface area (Å²) in [4.78, 5) is 27.1. The van der Waals surface area contributed by atoms with Gasteiger partial charge in [-0.15, -0.1) is 11.3 Å². The van der Waals surface area contributed by atoms with Crippen LogP contribution >= 0.6 is 11.3 Å². The van der Waals surface area contributed by atoms with Crippen LogP contribution in [0.1, 0.15) is 15.9 Å². The number of ether oxygens (including phenoxy) is 1. The van der Waals surface area contributed by atoms with Gasteiger partial charge in [0.1, 0.15) is 5.75 Å². The SMILES string of the molecule is COc1cccc(C(=O)/C=c2\[nH]c(=O)c(=Cc3ccccc3)s2)c1. The van der Waals surface area contributed by atoms with Crippen LogP contribution in [0.4, 0.5) is 0 Å². The van der Waals surface area contributed by atoms with Crippen molar-refractivity contribution < 1.29 is 9.53 Å². The maximum absolute atomic E-state index is 12.3. The third kappa shape index (κ3) is 3.70. The molecule has 0 saturated heterocycles. The van der Waals surface area contributed by atoms with Gasteiger partial charge in [0.25, 0.3) is 5.56 Å². The second-order valence-corrected chi connectivity index (χ2v) is 6.16. The molecule has 1 N–H and O–H groups in total. The molecule has 0 unspecified atom stereocenters. The summed E-state index contributed by atoms with van der Waals surface area (Å²) in [5.41, 5.74) is 1.25. The summed E-state index contributed by atoms with van der Waals surface area (Å²) in [7, 11) is 1.55. The minimum Gasteiger partial charge on any atom is -0.497 e. The summed E-state index contributed by atoms with van der Waals surface area (Å²) >= 11 is 1.26. The van der Waals surface area contributed by atoms with E-state index in [0.717, 1.165) is 5.56 Å². The lowest BCUT2D eigenvalue weighted by Gasteiger charge is -2.00. The Morgan fingerprint density at radius 1 is 1.12 bits per heavy atom. The van der Waals surface area contributed by atoms with Crippen molar-refractivity contribution >= 4 is 29.3 Å². The highest BCUT2D eigenvalue weighted by Gasteiger charge is 2.04. The number of rotatable bonds is 4. The summed E-state index contributed by atoms with van der Waals surface area (Å²) in [6.45, 7) is 0. The molecule has 0 atom stereocenters. The fourth-order valence-corrected chi connectivity index (χ4v) is 3.09. The highest BCUT2D eigenvalue weighted by molar-refractivity contribution is 7.07. The molecule has 5 heteroatoms. The average molecular weight is 337 g/mol. The van der Waals surface area contributed by atoms with E-state index in [1.54, 1.807) is 37.5 Å². The van der Waals surface area contributed by atoms with Crippen molar-refractivity contribution in [1.29, 1.82) is 0 Å². The molecule has 0 aliphatic heterocycles. The Labute approximate surface area is 142 Å². The molecule has 1 heterocycles. The number of ketones is 1. The van der Waals surface area contributed by atoms with Crippen molar-refractivity contribution in [2.24, 2.45) is 0 Å². The van der Waals surface area contributed by atoms with Crippen LogP contribution < -0.4 is 19.5 Å². The molecule has 0 spiro atoms. The van der Waals surface area contributed by atoms with E-state index in [-0.39, 0.29) is 11.3 Å². The zero-order valence-corrected chi connectivity index (χ0v) is 13.8. The average Bonchev–Trinajstić information content (AvgIpc) is 2.95. The predicted molar refractivity (Wildman–Crippen MR) is 96.0 cm³/mol. The fraction of sp³-hybridized carbons (Fsp3) is 0.0526. The minimum atomic E-state index is -0.200. The topological polar surface area (TPSA) is 59.2 Å². The van der Waals surface area contributed by atoms with Gasteiger partial charge < -0.3 is 9.72 Å². The molecule has 0 saturated carbocycles. The molecule has 0 bridgehead atoms. The molecule has 0 aliphatic carbocycles. The molecule has 3 rings (SSSR count). The van der Waals surface area contributed by atoms with Crippen LogP contribution in [0, 0.1) is 0 Å². The van der Waals surface area contributed by atoms with E-state index < -0.39 is 0 Å². The number of hydrogen-bond acceptors (Lipinski definition) is 4. The molecule has 0 aliphatic rings. The monoisotopic (exact) mass is 337 g/mol. The Kier molecular flexibility index (Phi) is 4.72. The van der Waals surface area contributed by atoms with Gasteiger partial charge in [0.2, 0.25) is 0 Å². The normalized spacial score (nSPS) is 12.4. The van der Waals surface area contributed by atoms with Gasteiger partial charge in [0, 0.05) is 11.6 Å². The van der Waals surface area contributed by atoms with Gasteiger partial charge in [0.15, 0.2) is 5.78 Å². The smallest absolute Gasteiger partial charge is 0.266 e. The third-order valence-corrected chi connectivity index (χ3v) is 4.36. The molecular weight excluding hydrogens is 322 g/mol. The lowest BCUT2D eigenvalue weighted by Crippen LogP contribution is -2.19. The van der Waals surface area contributed by atoms with E-state index in [2.05, 4.69) is 4.98 Å². The number of H-pyrrole nitrogens is 1. The Bertz CT molecular complexity index is 1030. The second-order valence-electron chi connectivity index (χ2n) is 5.08. The molecule has 3 aromatic rings. The predicted octanol–water partition coefficient (Wildman–Crippen LogP) is 1.94. The molecule has 4 nitrogen and oxygen atoms in total.